The first-order chi connectivity index (χ1) is 9.31. The molecule has 19 heavy (non-hydrogen) atoms. The van der Waals surface area contributed by atoms with Gasteiger partial charge in [-0.2, -0.15) is 0 Å². The molecule has 0 saturated carbocycles. The number of aromatic amines is 1. The molecular weight excluding hydrogens is 258 g/mol. The molecule has 0 aliphatic carbocycles. The second-order valence-electron chi connectivity index (χ2n) is 4.23. The van der Waals surface area contributed by atoms with Crippen LogP contribution in [0.1, 0.15) is 11.3 Å². The average molecular weight is 271 g/mol. The summed E-state index contributed by atoms with van der Waals surface area (Å²) < 4.78 is 0. The number of nitrogens with one attached hydrogen (secondary N) is 2. The average Bonchev–Trinajstić information content (AvgIpc) is 3.04. The van der Waals surface area contributed by atoms with E-state index in [1.165, 1.54) is 4.88 Å². The highest BCUT2D eigenvalue weighted by Gasteiger charge is 2.07. The molecule has 2 heterocycles. The topological polar surface area (TPSA) is 57.8 Å². The van der Waals surface area contributed by atoms with Crippen LogP contribution in [0, 0.1) is 0 Å². The molecule has 4 nitrogen and oxygen atoms in total. The third-order valence-electron chi connectivity index (χ3n) is 2.83. The number of fused-ring (bicyclic) bond motifs is 1. The molecule has 1 amide bonds. The summed E-state index contributed by atoms with van der Waals surface area (Å²) in [6.45, 7) is 0. The van der Waals surface area contributed by atoms with Gasteiger partial charge in [0.1, 0.15) is 0 Å². The Morgan fingerprint density at radius 1 is 1.26 bits per heavy atom. The summed E-state index contributed by atoms with van der Waals surface area (Å²) in [5, 5.41) is 4.81. The molecule has 0 aliphatic heterocycles. The van der Waals surface area contributed by atoms with Crippen molar-refractivity contribution in [3.8, 4) is 0 Å². The Bertz CT molecular complexity index is 655. The number of H-pyrrole nitrogens is 1. The number of amides is 1. The fraction of sp³-hybridized carbons (Fsp3) is 0.143. The van der Waals surface area contributed by atoms with Crippen LogP contribution in [-0.4, -0.2) is 15.9 Å². The molecular formula is C14H13N3OS. The van der Waals surface area contributed by atoms with Crippen molar-refractivity contribution in [2.24, 2.45) is 0 Å². The third kappa shape index (κ3) is 2.82. The second kappa shape index (κ2) is 5.24. The standard InChI is InChI=1S/C14H13N3OS/c18-13(8-7-10-4-3-9-19-10)17-14-15-11-5-1-2-6-12(11)16-14/h1-6,9H,7-8H2,(H2,15,16,17,18). The van der Waals surface area contributed by atoms with Crippen LogP contribution in [0.25, 0.3) is 11.0 Å². The van der Waals surface area contributed by atoms with Gasteiger partial charge in [-0.3, -0.25) is 10.1 Å². The minimum absolute atomic E-state index is 0.0209. The first kappa shape index (κ1) is 11.9. The number of benzene rings is 1. The minimum atomic E-state index is -0.0209. The number of carbonyl (C=O) groups excluding carboxylic acids is 1. The number of aryl methyl sites for hydroxylation is 1. The summed E-state index contributed by atoms with van der Waals surface area (Å²) in [7, 11) is 0. The minimum Gasteiger partial charge on any atom is -0.324 e. The molecule has 96 valence electrons. The van der Waals surface area contributed by atoms with E-state index in [1.54, 1.807) is 11.3 Å². The Balaban J connectivity index is 1.62. The fourth-order valence-electron chi connectivity index (χ4n) is 1.90. The number of hydrogen-bond donors (Lipinski definition) is 2. The number of thiophene rings is 1. The van der Waals surface area contributed by atoms with Gasteiger partial charge in [0, 0.05) is 11.3 Å². The zero-order chi connectivity index (χ0) is 13.1. The second-order valence-corrected chi connectivity index (χ2v) is 5.26. The van der Waals surface area contributed by atoms with Crippen LogP contribution >= 0.6 is 11.3 Å². The normalized spacial score (nSPS) is 10.7. The molecule has 0 atom stereocenters. The van der Waals surface area contributed by atoms with Crippen LogP contribution in [0.4, 0.5) is 5.95 Å². The predicted octanol–water partition coefficient (Wildman–Crippen LogP) is 3.20. The molecule has 2 N–H and O–H groups in total. The number of imidazole rings is 1. The number of para-hydroxylation sites is 2. The monoisotopic (exact) mass is 271 g/mol. The number of rotatable bonds is 4. The molecule has 0 unspecified atom stereocenters. The maximum atomic E-state index is 11.8. The number of anilines is 1. The van der Waals surface area contributed by atoms with Gasteiger partial charge in [-0.05, 0) is 30.0 Å². The third-order valence-corrected chi connectivity index (χ3v) is 3.76. The SMILES string of the molecule is O=C(CCc1cccs1)Nc1nc2ccccc2[nH]1. The van der Waals surface area contributed by atoms with Gasteiger partial charge in [0.05, 0.1) is 11.0 Å². The Hall–Kier alpha value is -2.14. The van der Waals surface area contributed by atoms with E-state index in [4.69, 9.17) is 0 Å². The number of aromatic nitrogens is 2. The molecule has 3 aromatic rings. The fourth-order valence-corrected chi connectivity index (χ4v) is 2.61. The quantitative estimate of drug-likeness (QED) is 0.765. The highest BCUT2D eigenvalue weighted by Crippen LogP contribution is 2.14. The number of nitrogens with zero attached hydrogens (tertiary/aromatic N) is 1. The summed E-state index contributed by atoms with van der Waals surface area (Å²) in [4.78, 5) is 20.4. The molecule has 1 aromatic carbocycles. The molecule has 0 aliphatic rings. The van der Waals surface area contributed by atoms with E-state index in [9.17, 15) is 4.79 Å². The van der Waals surface area contributed by atoms with E-state index in [0.717, 1.165) is 17.5 Å². The predicted molar refractivity (Wildman–Crippen MR) is 77.4 cm³/mol. The van der Waals surface area contributed by atoms with Gasteiger partial charge in [-0.1, -0.05) is 18.2 Å². The molecule has 0 radical (unpaired) electrons. The van der Waals surface area contributed by atoms with Crippen molar-refractivity contribution in [2.75, 3.05) is 5.32 Å². The highest BCUT2D eigenvalue weighted by molar-refractivity contribution is 7.09. The molecule has 0 spiro atoms. The van der Waals surface area contributed by atoms with Crippen molar-refractivity contribution in [3.05, 3.63) is 46.7 Å². The first-order valence-electron chi connectivity index (χ1n) is 6.08. The van der Waals surface area contributed by atoms with Gasteiger partial charge in [-0.25, -0.2) is 4.98 Å². The molecule has 0 bridgehead atoms. The van der Waals surface area contributed by atoms with E-state index >= 15 is 0 Å². The number of carbonyl (C=O) groups is 1. The number of hydrogen-bond acceptors (Lipinski definition) is 3. The summed E-state index contributed by atoms with van der Waals surface area (Å²) in [5.74, 6) is 0.491. The molecule has 0 saturated heterocycles. The molecule has 2 aromatic heterocycles. The van der Waals surface area contributed by atoms with E-state index in [1.807, 2.05) is 41.8 Å². The van der Waals surface area contributed by atoms with Crippen molar-refractivity contribution in [1.29, 1.82) is 0 Å². The van der Waals surface area contributed by atoms with Gasteiger partial charge in [-0.15, -0.1) is 11.3 Å². The lowest BCUT2D eigenvalue weighted by Crippen LogP contribution is -2.13. The van der Waals surface area contributed by atoms with Crippen LogP contribution < -0.4 is 5.32 Å². The lowest BCUT2D eigenvalue weighted by Gasteiger charge is -2.00. The van der Waals surface area contributed by atoms with E-state index in [-0.39, 0.29) is 5.91 Å². The van der Waals surface area contributed by atoms with Crippen LogP contribution in [0.2, 0.25) is 0 Å². The van der Waals surface area contributed by atoms with Crippen LogP contribution in [0.3, 0.4) is 0 Å². The summed E-state index contributed by atoms with van der Waals surface area (Å²) >= 11 is 1.67. The van der Waals surface area contributed by atoms with Crippen molar-refractivity contribution >= 4 is 34.2 Å². The first-order valence-corrected chi connectivity index (χ1v) is 6.96. The smallest absolute Gasteiger partial charge is 0.227 e. The van der Waals surface area contributed by atoms with Crippen molar-refractivity contribution in [2.45, 2.75) is 12.8 Å². The van der Waals surface area contributed by atoms with E-state index < -0.39 is 0 Å². The van der Waals surface area contributed by atoms with Crippen LogP contribution in [0.15, 0.2) is 41.8 Å². The zero-order valence-electron chi connectivity index (χ0n) is 10.2. The summed E-state index contributed by atoms with van der Waals surface area (Å²) in [6, 6.07) is 11.7. The largest absolute Gasteiger partial charge is 0.324 e. The van der Waals surface area contributed by atoms with E-state index in [0.29, 0.717) is 12.4 Å². The Morgan fingerprint density at radius 2 is 2.16 bits per heavy atom. The zero-order valence-corrected chi connectivity index (χ0v) is 11.0. The van der Waals surface area contributed by atoms with Crippen LogP contribution in [0.5, 0.6) is 0 Å². The highest BCUT2D eigenvalue weighted by atomic mass is 32.1. The lowest BCUT2D eigenvalue weighted by molar-refractivity contribution is -0.116. The maximum Gasteiger partial charge on any atom is 0.227 e. The summed E-state index contributed by atoms with van der Waals surface area (Å²) in [6.07, 6.45) is 1.24. The maximum absolute atomic E-state index is 11.8. The van der Waals surface area contributed by atoms with Gasteiger partial charge in [0.25, 0.3) is 0 Å². The van der Waals surface area contributed by atoms with Gasteiger partial charge < -0.3 is 4.98 Å². The lowest BCUT2D eigenvalue weighted by atomic mass is 10.2. The Kier molecular flexibility index (Phi) is 3.29. The van der Waals surface area contributed by atoms with Gasteiger partial charge >= 0.3 is 0 Å². The molecule has 3 rings (SSSR count). The molecule has 0 fully saturated rings. The van der Waals surface area contributed by atoms with Crippen LogP contribution in [-0.2, 0) is 11.2 Å². The van der Waals surface area contributed by atoms with Crippen molar-refractivity contribution in [3.63, 3.8) is 0 Å². The van der Waals surface area contributed by atoms with E-state index in [2.05, 4.69) is 15.3 Å². The van der Waals surface area contributed by atoms with Gasteiger partial charge in [0.15, 0.2) is 0 Å². The van der Waals surface area contributed by atoms with Crippen molar-refractivity contribution < 1.29 is 4.79 Å². The van der Waals surface area contributed by atoms with Crippen molar-refractivity contribution in [1.82, 2.24) is 9.97 Å². The molecule has 5 heteroatoms. The Morgan fingerprint density at radius 3 is 2.95 bits per heavy atom. The Labute approximate surface area is 114 Å². The van der Waals surface area contributed by atoms with Gasteiger partial charge in [0.2, 0.25) is 11.9 Å². The summed E-state index contributed by atoms with van der Waals surface area (Å²) in [5.41, 5.74) is 1.78.